The Labute approximate surface area is 292 Å². The first-order valence-electron chi connectivity index (χ1n) is 17.7. The topological polar surface area (TPSA) is 128 Å². The second-order valence-electron chi connectivity index (χ2n) is 12.1. The molecule has 0 atom stereocenters. The fourth-order valence-electron chi connectivity index (χ4n) is 6.33. The lowest BCUT2D eigenvalue weighted by Gasteiger charge is -2.30. The number of halogens is 1. The van der Waals surface area contributed by atoms with Crippen molar-refractivity contribution >= 4 is 33.7 Å². The van der Waals surface area contributed by atoms with Gasteiger partial charge in [0, 0.05) is 68.0 Å². The zero-order valence-corrected chi connectivity index (χ0v) is 28.8. The second kappa shape index (κ2) is 19.3. The van der Waals surface area contributed by atoms with Gasteiger partial charge in [0.1, 0.15) is 11.3 Å². The van der Waals surface area contributed by atoms with Gasteiger partial charge in [0.25, 0.3) is 6.01 Å². The number of benzene rings is 2. The predicted octanol–water partition coefficient (Wildman–Crippen LogP) is 3.38. The van der Waals surface area contributed by atoms with E-state index < -0.39 is 0 Å². The maximum atomic E-state index is 14.4. The Morgan fingerprint density at radius 2 is 1.36 bits per heavy atom. The van der Waals surface area contributed by atoms with Crippen LogP contribution in [-0.4, -0.2) is 128 Å². The molecule has 1 fully saturated rings. The molecule has 0 saturated carbocycles. The molecule has 0 amide bonds. The third kappa shape index (κ3) is 9.92. The minimum atomic E-state index is -0.240. The van der Waals surface area contributed by atoms with Crippen LogP contribution in [0.1, 0.15) is 11.3 Å². The zero-order chi connectivity index (χ0) is 34.4. The largest absolute Gasteiger partial charge is 0.423 e. The maximum Gasteiger partial charge on any atom is 0.298 e. The predicted molar refractivity (Wildman–Crippen MR) is 188 cm³/mol. The molecule has 2 aliphatic heterocycles. The van der Waals surface area contributed by atoms with E-state index in [2.05, 4.69) is 26.5 Å². The van der Waals surface area contributed by atoms with Gasteiger partial charge in [-0.3, -0.25) is 0 Å². The van der Waals surface area contributed by atoms with Crippen LogP contribution in [0.4, 0.5) is 16.1 Å². The van der Waals surface area contributed by atoms with Crippen LogP contribution in [0.5, 0.6) is 0 Å². The van der Waals surface area contributed by atoms with Crippen molar-refractivity contribution in [3.05, 3.63) is 53.5 Å². The van der Waals surface area contributed by atoms with Crippen molar-refractivity contribution in [2.24, 2.45) is 5.73 Å². The number of hydrogen-bond donors (Lipinski definition) is 1. The minimum Gasteiger partial charge on any atom is -0.423 e. The molecule has 2 aromatic carbocycles. The van der Waals surface area contributed by atoms with Gasteiger partial charge >= 0.3 is 0 Å². The number of rotatable bonds is 22. The molecule has 0 bridgehead atoms. The summed E-state index contributed by atoms with van der Waals surface area (Å²) < 4.78 is 61.4. The van der Waals surface area contributed by atoms with Gasteiger partial charge < -0.3 is 57.7 Å². The van der Waals surface area contributed by atoms with E-state index in [1.165, 1.54) is 11.3 Å². The highest BCUT2D eigenvalue weighted by molar-refractivity contribution is 5.87. The maximum absolute atomic E-state index is 14.4. The van der Waals surface area contributed by atoms with Crippen molar-refractivity contribution in [2.75, 3.05) is 128 Å². The van der Waals surface area contributed by atoms with Crippen molar-refractivity contribution in [3.63, 3.8) is 0 Å². The Hall–Kier alpha value is -3.34. The fraction of sp³-hybridized carbons (Fsp3) is 0.583. The molecule has 2 N–H and O–H groups in total. The molecule has 13 nitrogen and oxygen atoms in total. The second-order valence-corrected chi connectivity index (χ2v) is 12.1. The zero-order valence-electron chi connectivity index (χ0n) is 28.8. The molecule has 274 valence electrons. The normalized spacial score (nSPS) is 15.1. The number of fused-ring (bicyclic) bond motifs is 4. The molecule has 0 radical (unpaired) electrons. The number of aromatic nitrogens is 2. The highest BCUT2D eigenvalue weighted by Gasteiger charge is 2.25. The molecule has 14 heteroatoms. The lowest BCUT2D eigenvalue weighted by Crippen LogP contribution is -2.36. The first-order valence-corrected chi connectivity index (χ1v) is 17.7. The Kier molecular flexibility index (Phi) is 14.1. The van der Waals surface area contributed by atoms with Gasteiger partial charge in [-0.15, -0.1) is 0 Å². The molecule has 0 spiro atoms. The van der Waals surface area contributed by atoms with Gasteiger partial charge in [0.05, 0.1) is 98.0 Å². The monoisotopic (exact) mass is 699 g/mol. The molecular weight excluding hydrogens is 649 g/mol. The number of ether oxygens (including phenoxy) is 7. The Bertz CT molecular complexity index is 1610. The summed E-state index contributed by atoms with van der Waals surface area (Å²) in [4.78, 5) is 9.28. The molecule has 0 unspecified atom stereocenters. The lowest BCUT2D eigenvalue weighted by molar-refractivity contribution is -0.0166. The van der Waals surface area contributed by atoms with Crippen molar-refractivity contribution in [1.82, 2.24) is 9.55 Å². The van der Waals surface area contributed by atoms with Gasteiger partial charge in [0.2, 0.25) is 0 Å². The summed E-state index contributed by atoms with van der Waals surface area (Å²) >= 11 is 0. The van der Waals surface area contributed by atoms with Crippen LogP contribution in [0.3, 0.4) is 0 Å². The summed E-state index contributed by atoms with van der Waals surface area (Å²) in [7, 11) is 0. The molecule has 0 aliphatic carbocycles. The number of hydrogen-bond acceptors (Lipinski definition) is 12. The Balaban J connectivity index is 0.908. The molecule has 2 aromatic heterocycles. The molecule has 6 rings (SSSR count). The Morgan fingerprint density at radius 3 is 2.02 bits per heavy atom. The fourth-order valence-corrected chi connectivity index (χ4v) is 6.33. The molecule has 4 aromatic rings. The van der Waals surface area contributed by atoms with Crippen LogP contribution in [-0.2, 0) is 52.7 Å². The lowest BCUT2D eigenvalue weighted by atomic mass is 10.0. The van der Waals surface area contributed by atoms with E-state index in [0.29, 0.717) is 112 Å². The van der Waals surface area contributed by atoms with Crippen LogP contribution >= 0.6 is 0 Å². The van der Waals surface area contributed by atoms with Crippen LogP contribution < -0.4 is 15.5 Å². The van der Waals surface area contributed by atoms with Gasteiger partial charge in [-0.05, 0) is 36.4 Å². The summed E-state index contributed by atoms with van der Waals surface area (Å²) in [6, 6.07) is 11.9. The van der Waals surface area contributed by atoms with E-state index >= 15 is 0 Å². The standard InChI is InChI=1S/C36H50FN5O8/c37-28-1-3-30-31-27-41(29-2-4-35-32(26-29)39-36(50-35)40-8-12-44-13-9-40)7-5-33(31)42(34(30)25-28)10-14-45-16-18-47-20-22-49-24-23-48-21-19-46-17-15-43-11-6-38/h1-4,25-26H,5-24,27,38H2. The smallest absolute Gasteiger partial charge is 0.298 e. The van der Waals surface area contributed by atoms with Crippen molar-refractivity contribution < 1.29 is 42.0 Å². The van der Waals surface area contributed by atoms with E-state index in [9.17, 15) is 4.39 Å². The van der Waals surface area contributed by atoms with E-state index in [0.717, 1.165) is 60.3 Å². The summed E-state index contributed by atoms with van der Waals surface area (Å²) in [5.74, 6) is -0.240. The summed E-state index contributed by atoms with van der Waals surface area (Å²) in [5, 5.41) is 1.08. The van der Waals surface area contributed by atoms with Crippen molar-refractivity contribution in [1.29, 1.82) is 0 Å². The number of nitrogens with two attached hydrogens (primary N) is 1. The van der Waals surface area contributed by atoms with E-state index in [1.807, 2.05) is 12.1 Å². The molecule has 50 heavy (non-hydrogen) atoms. The summed E-state index contributed by atoms with van der Waals surface area (Å²) in [6.45, 7) is 11.7. The molecule has 1 saturated heterocycles. The highest BCUT2D eigenvalue weighted by atomic mass is 19.1. The van der Waals surface area contributed by atoms with Gasteiger partial charge in [-0.2, -0.15) is 4.98 Å². The third-order valence-corrected chi connectivity index (χ3v) is 8.81. The highest BCUT2D eigenvalue weighted by Crippen LogP contribution is 2.35. The quantitative estimate of drug-likeness (QED) is 0.121. The average Bonchev–Trinajstić information content (AvgIpc) is 3.71. The van der Waals surface area contributed by atoms with Crippen LogP contribution in [0.25, 0.3) is 22.0 Å². The first-order chi connectivity index (χ1) is 24.7. The molecule has 2 aliphatic rings. The van der Waals surface area contributed by atoms with Gasteiger partial charge in [-0.1, -0.05) is 0 Å². The number of morpholine rings is 1. The van der Waals surface area contributed by atoms with Gasteiger partial charge in [-0.25, -0.2) is 4.39 Å². The number of anilines is 2. The van der Waals surface area contributed by atoms with E-state index in [-0.39, 0.29) is 5.82 Å². The summed E-state index contributed by atoms with van der Waals surface area (Å²) in [5.41, 5.74) is 11.4. The van der Waals surface area contributed by atoms with Crippen LogP contribution in [0.2, 0.25) is 0 Å². The SMILES string of the molecule is NCCOCCOCCOCCOCCOCCOCCn1c2c(c3ccc(F)cc31)CN(c1ccc3oc(N4CCOCC4)nc3c1)CC2. The summed E-state index contributed by atoms with van der Waals surface area (Å²) in [6.07, 6.45) is 0.842. The van der Waals surface area contributed by atoms with Crippen molar-refractivity contribution in [3.8, 4) is 0 Å². The molecule has 4 heterocycles. The molecular formula is C36H50FN5O8. The van der Waals surface area contributed by atoms with Crippen LogP contribution in [0.15, 0.2) is 40.8 Å². The van der Waals surface area contributed by atoms with E-state index in [1.54, 1.807) is 12.1 Å². The number of nitrogens with zero attached hydrogens (tertiary/aromatic N) is 4. The average molecular weight is 700 g/mol. The third-order valence-electron chi connectivity index (χ3n) is 8.81. The first kappa shape index (κ1) is 36.5. The Morgan fingerprint density at radius 1 is 0.720 bits per heavy atom. The van der Waals surface area contributed by atoms with Gasteiger partial charge in [0.15, 0.2) is 5.58 Å². The van der Waals surface area contributed by atoms with Crippen LogP contribution in [0, 0.1) is 5.82 Å². The number of oxazole rings is 1. The van der Waals surface area contributed by atoms with Crippen molar-refractivity contribution in [2.45, 2.75) is 19.5 Å². The van der Waals surface area contributed by atoms with E-state index in [4.69, 9.17) is 48.3 Å². The minimum absolute atomic E-state index is 0.240.